The first-order chi connectivity index (χ1) is 14.8. The Morgan fingerprint density at radius 3 is 2.35 bits per heavy atom. The van der Waals surface area contributed by atoms with Crippen molar-refractivity contribution in [1.82, 2.24) is 5.32 Å². The maximum absolute atomic E-state index is 12.7. The van der Waals surface area contributed by atoms with Crippen LogP contribution in [0.1, 0.15) is 21.5 Å². The van der Waals surface area contributed by atoms with Gasteiger partial charge in [0.15, 0.2) is 0 Å². The molecule has 0 bridgehead atoms. The molecule has 1 amide bonds. The molecule has 3 aromatic carbocycles. The van der Waals surface area contributed by atoms with Crippen molar-refractivity contribution in [3.8, 4) is 11.5 Å². The summed E-state index contributed by atoms with van der Waals surface area (Å²) >= 11 is 0. The molecule has 7 nitrogen and oxygen atoms in total. The fourth-order valence-electron chi connectivity index (χ4n) is 2.92. The molecule has 0 atom stereocenters. The van der Waals surface area contributed by atoms with Crippen LogP contribution in [0.5, 0.6) is 11.5 Å². The summed E-state index contributed by atoms with van der Waals surface area (Å²) in [7, 11) is -0.734. The zero-order valence-electron chi connectivity index (χ0n) is 17.5. The molecule has 0 saturated heterocycles. The monoisotopic (exact) mass is 440 g/mol. The Morgan fingerprint density at radius 2 is 1.68 bits per heavy atom. The van der Waals surface area contributed by atoms with Gasteiger partial charge in [0.25, 0.3) is 15.9 Å². The van der Waals surface area contributed by atoms with Gasteiger partial charge < -0.3 is 14.8 Å². The quantitative estimate of drug-likeness (QED) is 0.557. The van der Waals surface area contributed by atoms with Gasteiger partial charge in [0, 0.05) is 29.4 Å². The smallest absolute Gasteiger partial charge is 0.261 e. The van der Waals surface area contributed by atoms with Crippen molar-refractivity contribution < 1.29 is 22.7 Å². The van der Waals surface area contributed by atoms with Crippen molar-refractivity contribution in [3.05, 3.63) is 83.4 Å². The summed E-state index contributed by atoms with van der Waals surface area (Å²) in [6, 6.07) is 18.2. The van der Waals surface area contributed by atoms with E-state index in [1.165, 1.54) is 25.3 Å². The van der Waals surface area contributed by atoms with Gasteiger partial charge in [-0.05, 0) is 49.4 Å². The second kappa shape index (κ2) is 9.53. The molecule has 0 aliphatic rings. The van der Waals surface area contributed by atoms with Crippen LogP contribution in [-0.2, 0) is 16.6 Å². The highest BCUT2D eigenvalue weighted by Gasteiger charge is 2.17. The lowest BCUT2D eigenvalue weighted by molar-refractivity contribution is 0.0950. The van der Waals surface area contributed by atoms with Gasteiger partial charge in [-0.2, -0.15) is 0 Å². The Labute approximate surface area is 182 Å². The molecule has 0 spiro atoms. The number of hydrogen-bond acceptors (Lipinski definition) is 5. The summed E-state index contributed by atoms with van der Waals surface area (Å²) in [6.45, 7) is 2.13. The fourth-order valence-corrected chi connectivity index (χ4v) is 4.02. The lowest BCUT2D eigenvalue weighted by atomic mass is 10.1. The van der Waals surface area contributed by atoms with Crippen LogP contribution >= 0.6 is 0 Å². The fraction of sp³-hybridized carbons (Fsp3) is 0.174. The number of benzene rings is 3. The molecule has 0 aromatic heterocycles. The Kier molecular flexibility index (Phi) is 6.81. The number of methoxy groups -OCH3 is 2. The molecular weight excluding hydrogens is 416 g/mol. The van der Waals surface area contributed by atoms with Crippen molar-refractivity contribution in [2.45, 2.75) is 18.4 Å². The van der Waals surface area contributed by atoms with Crippen LogP contribution < -0.4 is 19.5 Å². The molecule has 0 radical (unpaired) electrons. The number of nitrogens with one attached hydrogen (secondary N) is 2. The molecule has 0 fully saturated rings. The van der Waals surface area contributed by atoms with Crippen molar-refractivity contribution in [3.63, 3.8) is 0 Å². The largest absolute Gasteiger partial charge is 0.497 e. The van der Waals surface area contributed by atoms with Gasteiger partial charge in [-0.3, -0.25) is 9.52 Å². The number of anilines is 1. The van der Waals surface area contributed by atoms with E-state index in [9.17, 15) is 13.2 Å². The van der Waals surface area contributed by atoms with E-state index in [-0.39, 0.29) is 17.0 Å². The van der Waals surface area contributed by atoms with Crippen LogP contribution in [0, 0.1) is 6.92 Å². The second-order valence-electron chi connectivity index (χ2n) is 6.86. The number of carbonyl (C=O) groups is 1. The highest BCUT2D eigenvalue weighted by atomic mass is 32.2. The van der Waals surface area contributed by atoms with Gasteiger partial charge in [0.2, 0.25) is 0 Å². The maximum atomic E-state index is 12.7. The summed E-state index contributed by atoms with van der Waals surface area (Å²) in [5, 5.41) is 2.79. The zero-order chi connectivity index (χ0) is 22.4. The normalized spacial score (nSPS) is 10.9. The van der Waals surface area contributed by atoms with E-state index in [4.69, 9.17) is 9.47 Å². The standard InChI is InChI=1S/C23H24N2O5S/c1-16-7-10-19(11-8-16)25-31(27,28)21-6-4-5-17(13-21)23(26)24-15-18-9-12-20(29-2)14-22(18)30-3/h4-14,25H,15H2,1-3H3,(H,24,26). The molecule has 0 aliphatic heterocycles. The minimum Gasteiger partial charge on any atom is -0.497 e. The van der Waals surface area contributed by atoms with Gasteiger partial charge in [-0.25, -0.2) is 8.42 Å². The van der Waals surface area contributed by atoms with E-state index in [0.717, 1.165) is 11.1 Å². The molecule has 0 aliphatic carbocycles. The third-order valence-corrected chi connectivity index (χ3v) is 6.02. The molecular formula is C23H24N2O5S. The minimum atomic E-state index is -3.83. The molecule has 3 rings (SSSR count). The number of rotatable bonds is 8. The third kappa shape index (κ3) is 5.55. The first-order valence-electron chi connectivity index (χ1n) is 9.51. The van der Waals surface area contributed by atoms with Crippen molar-refractivity contribution in [1.29, 1.82) is 0 Å². The van der Waals surface area contributed by atoms with E-state index < -0.39 is 15.9 Å². The first kappa shape index (κ1) is 22.2. The predicted octanol–water partition coefficient (Wildman–Crippen LogP) is 3.74. The Hall–Kier alpha value is -3.52. The lowest BCUT2D eigenvalue weighted by Gasteiger charge is -2.12. The summed E-state index contributed by atoms with van der Waals surface area (Å²) in [6.07, 6.45) is 0. The van der Waals surface area contributed by atoms with Crippen molar-refractivity contribution in [2.24, 2.45) is 0 Å². The van der Waals surface area contributed by atoms with Gasteiger partial charge >= 0.3 is 0 Å². The van der Waals surface area contributed by atoms with Gasteiger partial charge in [0.1, 0.15) is 11.5 Å². The van der Waals surface area contributed by atoms with E-state index >= 15 is 0 Å². The predicted molar refractivity (Wildman–Crippen MR) is 119 cm³/mol. The first-order valence-corrected chi connectivity index (χ1v) is 11.0. The second-order valence-corrected chi connectivity index (χ2v) is 8.54. The molecule has 162 valence electrons. The molecule has 0 saturated carbocycles. The summed E-state index contributed by atoms with van der Waals surface area (Å²) < 4.78 is 38.5. The van der Waals surface area contributed by atoms with Crippen LogP contribution in [0.4, 0.5) is 5.69 Å². The van der Waals surface area contributed by atoms with Crippen LogP contribution in [0.15, 0.2) is 71.6 Å². The van der Waals surface area contributed by atoms with E-state index in [1.54, 1.807) is 43.5 Å². The zero-order valence-corrected chi connectivity index (χ0v) is 18.3. The van der Waals surface area contributed by atoms with Crippen LogP contribution in [0.2, 0.25) is 0 Å². The van der Waals surface area contributed by atoms with E-state index in [1.807, 2.05) is 19.1 Å². The highest BCUT2D eigenvalue weighted by molar-refractivity contribution is 7.92. The number of aryl methyl sites for hydroxylation is 1. The number of sulfonamides is 1. The lowest BCUT2D eigenvalue weighted by Crippen LogP contribution is -2.23. The molecule has 3 aromatic rings. The van der Waals surface area contributed by atoms with Gasteiger partial charge in [-0.1, -0.05) is 23.8 Å². The number of hydrogen-bond donors (Lipinski definition) is 2. The molecule has 8 heteroatoms. The minimum absolute atomic E-state index is 0.00255. The number of amides is 1. The molecule has 0 heterocycles. The van der Waals surface area contributed by atoms with Crippen LogP contribution in [0.25, 0.3) is 0 Å². The van der Waals surface area contributed by atoms with E-state index in [2.05, 4.69) is 10.0 Å². The van der Waals surface area contributed by atoms with Crippen LogP contribution in [-0.4, -0.2) is 28.5 Å². The number of carbonyl (C=O) groups excluding carboxylic acids is 1. The SMILES string of the molecule is COc1ccc(CNC(=O)c2cccc(S(=O)(=O)Nc3ccc(C)cc3)c2)c(OC)c1. The summed E-state index contributed by atoms with van der Waals surface area (Å²) in [5.74, 6) is 0.828. The third-order valence-electron chi connectivity index (χ3n) is 4.64. The van der Waals surface area contributed by atoms with Gasteiger partial charge in [-0.15, -0.1) is 0 Å². The summed E-state index contributed by atoms with van der Waals surface area (Å²) in [4.78, 5) is 12.6. The molecule has 2 N–H and O–H groups in total. The average molecular weight is 441 g/mol. The van der Waals surface area contributed by atoms with Crippen molar-refractivity contribution >= 4 is 21.6 Å². The Morgan fingerprint density at radius 1 is 0.935 bits per heavy atom. The van der Waals surface area contributed by atoms with Crippen molar-refractivity contribution in [2.75, 3.05) is 18.9 Å². The summed E-state index contributed by atoms with van der Waals surface area (Å²) in [5.41, 5.74) is 2.47. The maximum Gasteiger partial charge on any atom is 0.261 e. The van der Waals surface area contributed by atoms with Crippen LogP contribution in [0.3, 0.4) is 0 Å². The molecule has 0 unspecified atom stereocenters. The van der Waals surface area contributed by atoms with E-state index in [0.29, 0.717) is 17.2 Å². The number of ether oxygens (including phenoxy) is 2. The van der Waals surface area contributed by atoms with Gasteiger partial charge in [0.05, 0.1) is 19.1 Å². The Bertz CT molecular complexity index is 1170. The highest BCUT2D eigenvalue weighted by Crippen LogP contribution is 2.24. The Balaban J connectivity index is 1.73. The topological polar surface area (TPSA) is 93.7 Å². The molecule has 31 heavy (non-hydrogen) atoms. The average Bonchev–Trinajstić information content (AvgIpc) is 2.78.